The van der Waals surface area contributed by atoms with E-state index in [0.29, 0.717) is 5.92 Å². The van der Waals surface area contributed by atoms with Crippen LogP contribution in [0.5, 0.6) is 5.75 Å². The number of hydrogen-bond donors (Lipinski definition) is 1. The summed E-state index contributed by atoms with van der Waals surface area (Å²) in [7, 11) is 0. The van der Waals surface area contributed by atoms with Crippen molar-refractivity contribution in [2.24, 2.45) is 0 Å². The maximum Gasteiger partial charge on any atom is 0.142 e. The molecule has 2 heteroatoms. The zero-order valence-electron chi connectivity index (χ0n) is 11.7. The number of nitrogens with two attached hydrogens (primary N) is 1. The highest BCUT2D eigenvalue weighted by Crippen LogP contribution is 2.33. The molecule has 17 heavy (non-hydrogen) atoms. The van der Waals surface area contributed by atoms with Crippen molar-refractivity contribution in [3.8, 4) is 5.75 Å². The van der Waals surface area contributed by atoms with Crippen LogP contribution in [0.1, 0.15) is 57.6 Å². The van der Waals surface area contributed by atoms with E-state index in [9.17, 15) is 0 Å². The average Bonchev–Trinajstić information content (AvgIpc) is 2.25. The van der Waals surface area contributed by atoms with Crippen LogP contribution in [-0.4, -0.2) is 6.10 Å². The van der Waals surface area contributed by atoms with E-state index >= 15 is 0 Å². The molecule has 0 bridgehead atoms. The normalized spacial score (nSPS) is 11.2. The lowest BCUT2D eigenvalue weighted by Crippen LogP contribution is -2.09. The molecule has 2 N–H and O–H groups in total. The minimum absolute atomic E-state index is 0.162. The van der Waals surface area contributed by atoms with Crippen LogP contribution >= 0.6 is 0 Å². The fourth-order valence-electron chi connectivity index (χ4n) is 2.25. The van der Waals surface area contributed by atoms with Gasteiger partial charge in [0.25, 0.3) is 0 Å². The predicted octanol–water partition coefficient (Wildman–Crippen LogP) is 4.27. The van der Waals surface area contributed by atoms with Gasteiger partial charge >= 0.3 is 0 Å². The van der Waals surface area contributed by atoms with Crippen molar-refractivity contribution in [3.63, 3.8) is 0 Å². The zero-order chi connectivity index (χ0) is 13.0. The molecule has 1 aromatic rings. The van der Waals surface area contributed by atoms with Crippen molar-refractivity contribution in [2.75, 3.05) is 5.73 Å². The van der Waals surface area contributed by atoms with E-state index < -0.39 is 0 Å². The second-order valence-corrected chi connectivity index (χ2v) is 4.93. The Balaban J connectivity index is 3.13. The highest BCUT2D eigenvalue weighted by molar-refractivity contribution is 5.57. The topological polar surface area (TPSA) is 35.2 Å². The molecule has 1 aromatic carbocycles. The Hall–Kier alpha value is -1.18. The zero-order valence-corrected chi connectivity index (χ0v) is 11.7. The van der Waals surface area contributed by atoms with Crippen LogP contribution in [-0.2, 0) is 0 Å². The first-order valence-corrected chi connectivity index (χ1v) is 6.56. The predicted molar refractivity (Wildman–Crippen MR) is 74.7 cm³/mol. The lowest BCUT2D eigenvalue weighted by Gasteiger charge is -2.20. The third kappa shape index (κ3) is 3.39. The van der Waals surface area contributed by atoms with Crippen molar-refractivity contribution in [3.05, 3.63) is 23.3 Å². The van der Waals surface area contributed by atoms with Gasteiger partial charge in [0.15, 0.2) is 0 Å². The summed E-state index contributed by atoms with van der Waals surface area (Å²) in [6.07, 6.45) is 2.47. The first-order valence-electron chi connectivity index (χ1n) is 6.56. The van der Waals surface area contributed by atoms with Gasteiger partial charge in [0.05, 0.1) is 11.8 Å². The van der Waals surface area contributed by atoms with E-state index in [-0.39, 0.29) is 6.10 Å². The van der Waals surface area contributed by atoms with Gasteiger partial charge in [-0.05, 0) is 62.8 Å². The molecule has 1 rings (SSSR count). The Bertz CT molecular complexity index is 367. The van der Waals surface area contributed by atoms with Crippen LogP contribution in [0.4, 0.5) is 5.69 Å². The van der Waals surface area contributed by atoms with Gasteiger partial charge in [0, 0.05) is 0 Å². The largest absolute Gasteiger partial charge is 0.489 e. The molecule has 0 fully saturated rings. The van der Waals surface area contributed by atoms with Crippen molar-refractivity contribution in [2.45, 2.75) is 59.5 Å². The van der Waals surface area contributed by atoms with Crippen LogP contribution in [0.25, 0.3) is 0 Å². The van der Waals surface area contributed by atoms with Gasteiger partial charge in [-0.2, -0.15) is 0 Å². The second kappa shape index (κ2) is 5.95. The molecule has 0 spiro atoms. The molecule has 0 heterocycles. The van der Waals surface area contributed by atoms with Crippen molar-refractivity contribution in [1.29, 1.82) is 0 Å². The van der Waals surface area contributed by atoms with Crippen molar-refractivity contribution < 1.29 is 4.74 Å². The molecular formula is C15H25NO. The monoisotopic (exact) mass is 235 g/mol. The lowest BCUT2D eigenvalue weighted by atomic mass is 9.90. The van der Waals surface area contributed by atoms with Gasteiger partial charge in [0.1, 0.15) is 5.75 Å². The molecule has 0 saturated carbocycles. The van der Waals surface area contributed by atoms with E-state index in [1.165, 1.54) is 11.1 Å². The van der Waals surface area contributed by atoms with E-state index in [1.54, 1.807) is 0 Å². The van der Waals surface area contributed by atoms with Crippen LogP contribution < -0.4 is 10.5 Å². The van der Waals surface area contributed by atoms with Gasteiger partial charge in [-0.15, -0.1) is 0 Å². The molecule has 96 valence electrons. The standard InChI is InChI=1S/C15H25NO/c1-6-12(7-2)13-9-15(17-10(3)4)14(16)8-11(13)5/h8-10,12H,6-7,16H2,1-5H3. The molecule has 0 radical (unpaired) electrons. The smallest absolute Gasteiger partial charge is 0.142 e. The number of aryl methyl sites for hydroxylation is 1. The molecule has 0 aliphatic heterocycles. The summed E-state index contributed by atoms with van der Waals surface area (Å²) in [6, 6.07) is 4.16. The van der Waals surface area contributed by atoms with E-state index in [4.69, 9.17) is 10.5 Å². The number of benzene rings is 1. The van der Waals surface area contributed by atoms with E-state index in [1.807, 2.05) is 19.9 Å². The number of hydrogen-bond acceptors (Lipinski definition) is 2. The minimum atomic E-state index is 0.162. The lowest BCUT2D eigenvalue weighted by molar-refractivity contribution is 0.243. The Morgan fingerprint density at radius 3 is 2.24 bits per heavy atom. The van der Waals surface area contributed by atoms with Gasteiger partial charge in [-0.25, -0.2) is 0 Å². The molecule has 0 saturated heterocycles. The Morgan fingerprint density at radius 1 is 1.18 bits per heavy atom. The average molecular weight is 235 g/mol. The Kier molecular flexibility index (Phi) is 4.86. The summed E-state index contributed by atoms with van der Waals surface area (Å²) in [5.41, 5.74) is 9.38. The molecule has 2 nitrogen and oxygen atoms in total. The highest BCUT2D eigenvalue weighted by atomic mass is 16.5. The molecule has 0 unspecified atom stereocenters. The highest BCUT2D eigenvalue weighted by Gasteiger charge is 2.14. The quantitative estimate of drug-likeness (QED) is 0.774. The molecule has 0 aliphatic rings. The summed E-state index contributed by atoms with van der Waals surface area (Å²) >= 11 is 0. The number of nitrogen functional groups attached to an aromatic ring is 1. The SMILES string of the molecule is CCC(CC)c1cc(OC(C)C)c(N)cc1C. The van der Waals surface area contributed by atoms with Gasteiger partial charge in [0.2, 0.25) is 0 Å². The summed E-state index contributed by atoms with van der Waals surface area (Å²) < 4.78 is 5.75. The number of rotatable bonds is 5. The first kappa shape index (κ1) is 13.9. The molecule has 0 amide bonds. The first-order chi connectivity index (χ1) is 7.99. The van der Waals surface area contributed by atoms with Crippen LogP contribution in [0.3, 0.4) is 0 Å². The fraction of sp³-hybridized carbons (Fsp3) is 0.600. The summed E-state index contributed by atoms with van der Waals surface area (Å²) in [5.74, 6) is 1.43. The maximum atomic E-state index is 6.00. The summed E-state index contributed by atoms with van der Waals surface area (Å²) in [6.45, 7) is 10.6. The van der Waals surface area contributed by atoms with Crippen LogP contribution in [0.15, 0.2) is 12.1 Å². The fourth-order valence-corrected chi connectivity index (χ4v) is 2.25. The summed E-state index contributed by atoms with van der Waals surface area (Å²) in [4.78, 5) is 0. The summed E-state index contributed by atoms with van der Waals surface area (Å²) in [5, 5.41) is 0. The van der Waals surface area contributed by atoms with Crippen LogP contribution in [0, 0.1) is 6.92 Å². The molecule has 0 aromatic heterocycles. The Labute approximate surface area is 105 Å². The van der Waals surface area contributed by atoms with E-state index in [2.05, 4.69) is 26.8 Å². The number of ether oxygens (including phenoxy) is 1. The van der Waals surface area contributed by atoms with Crippen molar-refractivity contribution >= 4 is 5.69 Å². The van der Waals surface area contributed by atoms with Crippen molar-refractivity contribution in [1.82, 2.24) is 0 Å². The minimum Gasteiger partial charge on any atom is -0.489 e. The van der Waals surface area contributed by atoms with Gasteiger partial charge in [-0.1, -0.05) is 13.8 Å². The Morgan fingerprint density at radius 2 is 1.76 bits per heavy atom. The molecule has 0 atom stereocenters. The molecular weight excluding hydrogens is 210 g/mol. The molecule has 0 aliphatic carbocycles. The third-order valence-electron chi connectivity index (χ3n) is 3.19. The van der Waals surface area contributed by atoms with Gasteiger partial charge < -0.3 is 10.5 Å². The van der Waals surface area contributed by atoms with E-state index in [0.717, 1.165) is 24.3 Å². The second-order valence-electron chi connectivity index (χ2n) is 4.93. The van der Waals surface area contributed by atoms with Crippen LogP contribution in [0.2, 0.25) is 0 Å². The number of anilines is 1. The maximum absolute atomic E-state index is 6.00. The third-order valence-corrected chi connectivity index (χ3v) is 3.19. The van der Waals surface area contributed by atoms with Gasteiger partial charge in [-0.3, -0.25) is 0 Å².